The molecule has 0 bridgehead atoms. The molecular formula is C44H65N7O7. The zero-order valence-corrected chi connectivity index (χ0v) is 35.5. The summed E-state index contributed by atoms with van der Waals surface area (Å²) in [6.45, 7) is 16.1. The third-order valence-electron chi connectivity index (χ3n) is 10.8. The van der Waals surface area contributed by atoms with E-state index in [9.17, 15) is 33.6 Å². The monoisotopic (exact) mass is 803 g/mol. The summed E-state index contributed by atoms with van der Waals surface area (Å²) >= 11 is 0. The molecule has 0 unspecified atom stereocenters. The van der Waals surface area contributed by atoms with Crippen LogP contribution in [0.4, 0.5) is 0 Å². The average Bonchev–Trinajstić information content (AvgIpc) is 3.19. The lowest BCUT2D eigenvalue weighted by Crippen LogP contribution is -2.62. The molecule has 1 saturated heterocycles. The van der Waals surface area contributed by atoms with E-state index in [4.69, 9.17) is 0 Å². The van der Waals surface area contributed by atoms with Crippen LogP contribution < -0.4 is 37.2 Å². The van der Waals surface area contributed by atoms with Crippen molar-refractivity contribution in [2.75, 3.05) is 0 Å². The number of benzene rings is 2. The van der Waals surface area contributed by atoms with Gasteiger partial charge in [-0.15, -0.1) is 0 Å². The molecule has 0 aliphatic carbocycles. The fraction of sp³-hybridized carbons (Fsp3) is 0.568. The van der Waals surface area contributed by atoms with Crippen molar-refractivity contribution in [1.82, 2.24) is 37.2 Å². The van der Waals surface area contributed by atoms with E-state index in [0.29, 0.717) is 12.8 Å². The van der Waals surface area contributed by atoms with Crippen LogP contribution in [0.25, 0.3) is 0 Å². The van der Waals surface area contributed by atoms with Crippen molar-refractivity contribution >= 4 is 41.4 Å². The Morgan fingerprint density at radius 3 is 1.26 bits per heavy atom. The van der Waals surface area contributed by atoms with Crippen molar-refractivity contribution in [3.05, 3.63) is 71.8 Å². The highest BCUT2D eigenvalue weighted by Gasteiger charge is 2.37. The maximum atomic E-state index is 14.2. The van der Waals surface area contributed by atoms with Crippen LogP contribution >= 0.6 is 0 Å². The summed E-state index contributed by atoms with van der Waals surface area (Å²) in [6.07, 6.45) is 1.39. The van der Waals surface area contributed by atoms with Gasteiger partial charge in [-0.05, 0) is 48.1 Å². The standard InChI is InChI=1S/C44H65N7O7/c1-10-27(7)36-43(57)48-34(24-31-20-16-13-17-21-31)41(55)49-35(26(5)6)42(56)47-32(22-25(3)4)40(54)46-33(23-30-18-14-12-15-19-30)39(53)45-29(9)38(52)50-37(28(8)11-2)44(58)51-36/h12-21,25-29,32-37H,10-11,22-24H2,1-9H3,(H,45,53)(H,46,54)(H,47,56)(H,48,57)(H,49,55)(H,50,52)(H,51,58)/t27-,28-,29-,32-,33+,34+,35-,36-,37-/m1/s1. The lowest BCUT2D eigenvalue weighted by Gasteiger charge is -2.31. The summed E-state index contributed by atoms with van der Waals surface area (Å²) in [4.78, 5) is 98.2. The maximum Gasteiger partial charge on any atom is 0.243 e. The largest absolute Gasteiger partial charge is 0.343 e. The van der Waals surface area contributed by atoms with Gasteiger partial charge in [0.1, 0.15) is 42.3 Å². The molecule has 0 saturated carbocycles. The molecule has 1 aliphatic rings. The molecule has 2 aromatic rings. The first-order chi connectivity index (χ1) is 27.4. The minimum atomic E-state index is -1.15. The van der Waals surface area contributed by atoms with Crippen LogP contribution in [0.15, 0.2) is 60.7 Å². The minimum Gasteiger partial charge on any atom is -0.343 e. The zero-order valence-electron chi connectivity index (χ0n) is 35.5. The highest BCUT2D eigenvalue weighted by molar-refractivity contribution is 5.98. The molecule has 1 heterocycles. The molecule has 2 aromatic carbocycles. The first-order valence-electron chi connectivity index (χ1n) is 20.7. The first-order valence-corrected chi connectivity index (χ1v) is 20.7. The summed E-state index contributed by atoms with van der Waals surface area (Å²) in [5.41, 5.74) is 1.49. The molecular weight excluding hydrogens is 739 g/mol. The predicted molar refractivity (Wildman–Crippen MR) is 223 cm³/mol. The topological polar surface area (TPSA) is 204 Å². The van der Waals surface area contributed by atoms with E-state index in [-0.39, 0.29) is 37.0 Å². The van der Waals surface area contributed by atoms with E-state index in [2.05, 4.69) is 37.2 Å². The molecule has 318 valence electrons. The van der Waals surface area contributed by atoms with Gasteiger partial charge < -0.3 is 37.2 Å². The third kappa shape index (κ3) is 14.0. The summed E-state index contributed by atoms with van der Waals surface area (Å²) < 4.78 is 0. The number of amides is 7. The van der Waals surface area contributed by atoms with Crippen molar-refractivity contribution in [1.29, 1.82) is 0 Å². The first kappa shape index (κ1) is 47.1. The smallest absolute Gasteiger partial charge is 0.243 e. The Bertz CT molecular complexity index is 1700. The van der Waals surface area contributed by atoms with Crippen molar-refractivity contribution in [2.45, 2.75) is 137 Å². The number of hydrogen-bond donors (Lipinski definition) is 7. The van der Waals surface area contributed by atoms with Gasteiger partial charge in [-0.1, -0.05) is 129 Å². The average molecular weight is 804 g/mol. The molecule has 7 amide bonds. The predicted octanol–water partition coefficient (Wildman–Crippen LogP) is 2.69. The van der Waals surface area contributed by atoms with Gasteiger partial charge in [-0.25, -0.2) is 0 Å². The van der Waals surface area contributed by atoms with Crippen LogP contribution in [0, 0.1) is 23.7 Å². The Balaban J connectivity index is 2.15. The zero-order chi connectivity index (χ0) is 43.1. The minimum absolute atomic E-state index is 0.0542. The van der Waals surface area contributed by atoms with Crippen LogP contribution in [0.5, 0.6) is 0 Å². The number of rotatable bonds is 11. The fourth-order valence-corrected chi connectivity index (χ4v) is 6.71. The van der Waals surface area contributed by atoms with Crippen molar-refractivity contribution in [3.63, 3.8) is 0 Å². The highest BCUT2D eigenvalue weighted by Crippen LogP contribution is 2.15. The van der Waals surface area contributed by atoms with Gasteiger partial charge in [-0.2, -0.15) is 0 Å². The van der Waals surface area contributed by atoms with E-state index in [0.717, 1.165) is 11.1 Å². The molecule has 14 heteroatoms. The second-order valence-electron chi connectivity index (χ2n) is 16.4. The maximum absolute atomic E-state index is 14.2. The van der Waals surface area contributed by atoms with Gasteiger partial charge >= 0.3 is 0 Å². The molecule has 0 aromatic heterocycles. The highest BCUT2D eigenvalue weighted by atomic mass is 16.2. The van der Waals surface area contributed by atoms with Gasteiger partial charge in [0, 0.05) is 12.8 Å². The van der Waals surface area contributed by atoms with Crippen LogP contribution in [0.3, 0.4) is 0 Å². The Morgan fingerprint density at radius 1 is 0.448 bits per heavy atom. The number of hydrogen-bond acceptors (Lipinski definition) is 7. The number of carbonyl (C=O) groups excluding carboxylic acids is 7. The molecule has 0 spiro atoms. The van der Waals surface area contributed by atoms with Crippen molar-refractivity contribution < 1.29 is 33.6 Å². The van der Waals surface area contributed by atoms with Crippen LogP contribution in [-0.4, -0.2) is 83.6 Å². The molecule has 7 N–H and O–H groups in total. The Morgan fingerprint density at radius 2 is 0.810 bits per heavy atom. The second kappa shape index (κ2) is 22.6. The quantitative estimate of drug-likeness (QED) is 0.181. The SMILES string of the molecule is CC[C@@H](C)[C@H]1NC(=O)[C@@H](C)NC(=O)[C@H](Cc2ccccc2)NC(=O)[C@@H](CC(C)C)NC(=O)[C@@H](C(C)C)NC(=O)[C@H](Cc2ccccc2)NC(=O)[C@@H]([C@H](C)CC)NC1=O. The molecule has 1 aliphatic heterocycles. The van der Waals surface area contributed by atoms with E-state index >= 15 is 0 Å². The third-order valence-corrected chi connectivity index (χ3v) is 10.8. The molecule has 14 nitrogen and oxygen atoms in total. The number of carbonyl (C=O) groups is 7. The molecule has 9 atom stereocenters. The lowest BCUT2D eigenvalue weighted by molar-refractivity contribution is -0.136. The summed E-state index contributed by atoms with van der Waals surface area (Å²) in [5, 5.41) is 19.7. The summed E-state index contributed by atoms with van der Waals surface area (Å²) in [7, 11) is 0. The van der Waals surface area contributed by atoms with Crippen molar-refractivity contribution in [3.8, 4) is 0 Å². The summed E-state index contributed by atoms with van der Waals surface area (Å²) in [6, 6.07) is 10.4. The van der Waals surface area contributed by atoms with Gasteiger partial charge in [-0.3, -0.25) is 33.6 Å². The van der Waals surface area contributed by atoms with E-state index in [1.54, 1.807) is 39.8 Å². The van der Waals surface area contributed by atoms with Gasteiger partial charge in [0.25, 0.3) is 0 Å². The normalized spacial score (nSPS) is 25.8. The Hall–Kier alpha value is -5.27. The lowest BCUT2D eigenvalue weighted by atomic mass is 9.94. The van der Waals surface area contributed by atoms with Gasteiger partial charge in [0.05, 0.1) is 0 Å². The van der Waals surface area contributed by atoms with Crippen LogP contribution in [0.1, 0.15) is 92.7 Å². The van der Waals surface area contributed by atoms with Crippen LogP contribution in [0.2, 0.25) is 0 Å². The van der Waals surface area contributed by atoms with E-state index < -0.39 is 89.6 Å². The molecule has 1 fully saturated rings. The Labute approximate surface area is 343 Å². The Kier molecular flexibility index (Phi) is 18.4. The van der Waals surface area contributed by atoms with Crippen molar-refractivity contribution in [2.24, 2.45) is 23.7 Å². The van der Waals surface area contributed by atoms with E-state index in [1.165, 1.54) is 6.92 Å². The second-order valence-corrected chi connectivity index (χ2v) is 16.4. The van der Waals surface area contributed by atoms with Crippen LogP contribution in [-0.2, 0) is 46.4 Å². The number of nitrogens with one attached hydrogen (secondary N) is 7. The summed E-state index contributed by atoms with van der Waals surface area (Å²) in [5.74, 6) is -5.59. The molecule has 0 radical (unpaired) electrons. The fourth-order valence-electron chi connectivity index (χ4n) is 6.71. The van der Waals surface area contributed by atoms with E-state index in [1.807, 2.05) is 76.2 Å². The molecule has 58 heavy (non-hydrogen) atoms. The molecule has 3 rings (SSSR count). The van der Waals surface area contributed by atoms with Gasteiger partial charge in [0.15, 0.2) is 0 Å². The van der Waals surface area contributed by atoms with Gasteiger partial charge in [0.2, 0.25) is 41.4 Å².